The van der Waals surface area contributed by atoms with Crippen molar-refractivity contribution in [3.05, 3.63) is 24.0 Å². The highest BCUT2D eigenvalue weighted by molar-refractivity contribution is 7.89. The third kappa shape index (κ3) is 3.42. The van der Waals surface area contributed by atoms with Crippen molar-refractivity contribution in [1.29, 1.82) is 0 Å². The van der Waals surface area contributed by atoms with Gasteiger partial charge in [0.1, 0.15) is 5.82 Å². The summed E-state index contributed by atoms with van der Waals surface area (Å²) in [6.45, 7) is 7.90. The van der Waals surface area contributed by atoms with Gasteiger partial charge in [0.2, 0.25) is 10.0 Å². The summed E-state index contributed by atoms with van der Waals surface area (Å²) in [5.41, 5.74) is -0.451. The van der Waals surface area contributed by atoms with Crippen LogP contribution in [0.5, 0.6) is 0 Å². The number of sulfonamides is 1. The lowest BCUT2D eigenvalue weighted by atomic mass is 9.94. The number of rotatable bonds is 4. The van der Waals surface area contributed by atoms with Crippen LogP contribution in [0.3, 0.4) is 0 Å². The van der Waals surface area contributed by atoms with E-state index in [1.165, 1.54) is 19.2 Å². The second kappa shape index (κ2) is 5.47. The quantitative estimate of drug-likeness (QED) is 0.890. The smallest absolute Gasteiger partial charge is 0.240 e. The maximum absolute atomic E-state index is 14.2. The number of anilines is 1. The van der Waals surface area contributed by atoms with Crippen molar-refractivity contribution in [3.63, 3.8) is 0 Å². The molecule has 1 aromatic carbocycles. The number of hydrogen-bond donors (Lipinski definition) is 2. The third-order valence-electron chi connectivity index (χ3n) is 3.92. The molecule has 0 saturated carbocycles. The first-order valence-electron chi connectivity index (χ1n) is 7.17. The van der Waals surface area contributed by atoms with Crippen molar-refractivity contribution in [2.24, 2.45) is 0 Å². The molecule has 0 aliphatic carbocycles. The molecule has 0 aromatic heterocycles. The fourth-order valence-electron chi connectivity index (χ4n) is 2.87. The summed E-state index contributed by atoms with van der Waals surface area (Å²) >= 11 is 0. The van der Waals surface area contributed by atoms with Crippen molar-refractivity contribution >= 4 is 15.7 Å². The van der Waals surface area contributed by atoms with Gasteiger partial charge in [-0.05, 0) is 59.4 Å². The van der Waals surface area contributed by atoms with Crippen molar-refractivity contribution in [1.82, 2.24) is 4.72 Å². The zero-order valence-electron chi connectivity index (χ0n) is 13.5. The lowest BCUT2D eigenvalue weighted by Crippen LogP contribution is -2.38. The van der Waals surface area contributed by atoms with Gasteiger partial charge < -0.3 is 10.1 Å². The molecule has 1 fully saturated rings. The number of benzene rings is 1. The van der Waals surface area contributed by atoms with Gasteiger partial charge in [-0.1, -0.05) is 0 Å². The molecule has 0 amide bonds. The fourth-order valence-corrected chi connectivity index (χ4v) is 3.61. The Bertz CT molecular complexity index is 671. The van der Waals surface area contributed by atoms with E-state index in [9.17, 15) is 12.8 Å². The van der Waals surface area contributed by atoms with Gasteiger partial charge in [-0.2, -0.15) is 0 Å². The molecule has 1 aromatic rings. The van der Waals surface area contributed by atoms with E-state index >= 15 is 0 Å². The van der Waals surface area contributed by atoms with Crippen LogP contribution in [0.2, 0.25) is 0 Å². The van der Waals surface area contributed by atoms with Crippen LogP contribution in [0.15, 0.2) is 23.1 Å². The first-order valence-corrected chi connectivity index (χ1v) is 8.65. The standard InChI is InChI=1S/C15H23FN2O3S/c1-14(2)9-13(15(3,4)21-14)18-12-7-6-10(8-11(12)16)22(19,20)17-5/h6-8,13,17-18H,9H2,1-5H3. The zero-order chi connectivity index (χ0) is 16.8. The molecule has 5 nitrogen and oxygen atoms in total. The lowest BCUT2D eigenvalue weighted by Gasteiger charge is -2.28. The molecule has 1 atom stereocenters. The topological polar surface area (TPSA) is 67.4 Å². The Morgan fingerprint density at radius 2 is 1.91 bits per heavy atom. The highest BCUT2D eigenvalue weighted by Gasteiger charge is 2.46. The Hall–Kier alpha value is -1.18. The van der Waals surface area contributed by atoms with Crippen LogP contribution in [0, 0.1) is 5.82 Å². The summed E-state index contributed by atoms with van der Waals surface area (Å²) in [4.78, 5) is -0.0969. The van der Waals surface area contributed by atoms with Crippen LogP contribution in [-0.2, 0) is 14.8 Å². The van der Waals surface area contributed by atoms with Crippen LogP contribution in [0.25, 0.3) is 0 Å². The van der Waals surface area contributed by atoms with Gasteiger partial charge in [0.05, 0.1) is 27.8 Å². The van der Waals surface area contributed by atoms with Gasteiger partial charge >= 0.3 is 0 Å². The molecule has 0 bridgehead atoms. The first-order chi connectivity index (χ1) is 9.97. The number of hydrogen-bond acceptors (Lipinski definition) is 4. The molecule has 2 N–H and O–H groups in total. The van der Waals surface area contributed by atoms with E-state index in [2.05, 4.69) is 10.0 Å². The van der Waals surface area contributed by atoms with E-state index in [1.807, 2.05) is 27.7 Å². The van der Waals surface area contributed by atoms with Crippen LogP contribution in [0.4, 0.5) is 10.1 Å². The Morgan fingerprint density at radius 1 is 1.27 bits per heavy atom. The molecule has 22 heavy (non-hydrogen) atoms. The Balaban J connectivity index is 2.25. The molecular formula is C15H23FN2O3S. The maximum Gasteiger partial charge on any atom is 0.240 e. The third-order valence-corrected chi connectivity index (χ3v) is 5.34. The number of nitrogens with one attached hydrogen (secondary N) is 2. The molecule has 0 radical (unpaired) electrons. The lowest BCUT2D eigenvalue weighted by molar-refractivity contribution is -0.0662. The second-order valence-electron chi connectivity index (χ2n) is 6.72. The summed E-state index contributed by atoms with van der Waals surface area (Å²) in [7, 11) is -2.36. The molecule has 1 saturated heterocycles. The molecular weight excluding hydrogens is 307 g/mol. The minimum absolute atomic E-state index is 0.0660. The maximum atomic E-state index is 14.2. The van der Waals surface area contributed by atoms with Crippen LogP contribution < -0.4 is 10.0 Å². The van der Waals surface area contributed by atoms with Crippen molar-refractivity contribution < 1.29 is 17.5 Å². The minimum Gasteiger partial charge on any atom is -0.377 e. The molecule has 7 heteroatoms. The van der Waals surface area contributed by atoms with Gasteiger partial charge in [-0.15, -0.1) is 0 Å². The molecule has 1 unspecified atom stereocenters. The van der Waals surface area contributed by atoms with Gasteiger partial charge in [-0.25, -0.2) is 17.5 Å². The monoisotopic (exact) mass is 330 g/mol. The molecule has 0 spiro atoms. The summed E-state index contributed by atoms with van der Waals surface area (Å²) in [6.07, 6.45) is 0.732. The number of ether oxygens (including phenoxy) is 1. The van der Waals surface area contributed by atoms with E-state index in [1.54, 1.807) is 0 Å². The summed E-state index contributed by atoms with van der Waals surface area (Å²) < 4.78 is 45.7. The Labute approximate surface area is 131 Å². The van der Waals surface area contributed by atoms with Gasteiger partial charge in [-0.3, -0.25) is 0 Å². The van der Waals surface area contributed by atoms with Crippen LogP contribution in [0.1, 0.15) is 34.1 Å². The van der Waals surface area contributed by atoms with Crippen molar-refractivity contribution in [3.8, 4) is 0 Å². The van der Waals surface area contributed by atoms with Gasteiger partial charge in [0.15, 0.2) is 0 Å². The van der Waals surface area contributed by atoms with E-state index in [0.29, 0.717) is 0 Å². The average molecular weight is 330 g/mol. The van der Waals surface area contributed by atoms with E-state index < -0.39 is 21.4 Å². The largest absolute Gasteiger partial charge is 0.377 e. The minimum atomic E-state index is -3.65. The normalized spacial score (nSPS) is 23.5. The predicted octanol–water partition coefficient (Wildman–Crippen LogP) is 2.49. The summed E-state index contributed by atoms with van der Waals surface area (Å²) in [5.74, 6) is -0.600. The average Bonchev–Trinajstić information content (AvgIpc) is 2.59. The fraction of sp³-hybridized carbons (Fsp3) is 0.600. The van der Waals surface area contributed by atoms with Gasteiger partial charge in [0.25, 0.3) is 0 Å². The molecule has 1 heterocycles. The molecule has 124 valence electrons. The van der Waals surface area contributed by atoms with Gasteiger partial charge in [0, 0.05) is 0 Å². The van der Waals surface area contributed by atoms with E-state index in [4.69, 9.17) is 4.74 Å². The summed E-state index contributed by atoms with van der Waals surface area (Å²) in [6, 6.07) is 3.78. The highest BCUT2D eigenvalue weighted by Crippen LogP contribution is 2.39. The summed E-state index contributed by atoms with van der Waals surface area (Å²) in [5, 5.41) is 3.14. The first kappa shape index (κ1) is 17.2. The van der Waals surface area contributed by atoms with E-state index in [0.717, 1.165) is 12.5 Å². The Kier molecular flexibility index (Phi) is 4.27. The number of halogens is 1. The molecule has 1 aliphatic heterocycles. The molecule has 2 rings (SSSR count). The zero-order valence-corrected chi connectivity index (χ0v) is 14.3. The van der Waals surface area contributed by atoms with Crippen molar-refractivity contribution in [2.45, 2.75) is 56.3 Å². The van der Waals surface area contributed by atoms with Crippen LogP contribution in [-0.4, -0.2) is 32.7 Å². The SMILES string of the molecule is CNS(=O)(=O)c1ccc(NC2CC(C)(C)OC2(C)C)c(F)c1. The highest BCUT2D eigenvalue weighted by atomic mass is 32.2. The Morgan fingerprint density at radius 3 is 2.36 bits per heavy atom. The predicted molar refractivity (Wildman–Crippen MR) is 83.9 cm³/mol. The van der Waals surface area contributed by atoms with E-state index in [-0.39, 0.29) is 22.2 Å². The van der Waals surface area contributed by atoms with Crippen LogP contribution >= 0.6 is 0 Å². The van der Waals surface area contributed by atoms with Crippen molar-refractivity contribution in [2.75, 3.05) is 12.4 Å². The molecule has 1 aliphatic rings. The second-order valence-corrected chi connectivity index (χ2v) is 8.60.